The number of amides is 1. The summed E-state index contributed by atoms with van der Waals surface area (Å²) in [6, 6.07) is 10.4. The zero-order chi connectivity index (χ0) is 14.1. The lowest BCUT2D eigenvalue weighted by Gasteiger charge is -2.25. The molecule has 1 aliphatic heterocycles. The van der Waals surface area contributed by atoms with Crippen LogP contribution < -0.4 is 0 Å². The van der Waals surface area contributed by atoms with Gasteiger partial charge in [0.1, 0.15) is 5.76 Å². The van der Waals surface area contributed by atoms with Crippen LogP contribution in [0.4, 0.5) is 0 Å². The zero-order valence-electron chi connectivity index (χ0n) is 11.9. The molecule has 1 saturated heterocycles. The van der Waals surface area contributed by atoms with Crippen molar-refractivity contribution in [2.75, 3.05) is 6.54 Å². The van der Waals surface area contributed by atoms with E-state index in [2.05, 4.69) is 31.2 Å². The van der Waals surface area contributed by atoms with Crippen LogP contribution in [-0.2, 0) is 0 Å². The maximum absolute atomic E-state index is 12.6. The minimum atomic E-state index is 0.0827. The van der Waals surface area contributed by atoms with E-state index in [1.807, 2.05) is 11.8 Å². The van der Waals surface area contributed by atoms with E-state index in [4.69, 9.17) is 4.42 Å². The van der Waals surface area contributed by atoms with Gasteiger partial charge in [-0.25, -0.2) is 0 Å². The molecule has 20 heavy (non-hydrogen) atoms. The Hall–Kier alpha value is -2.03. The van der Waals surface area contributed by atoms with E-state index in [1.165, 1.54) is 11.1 Å². The maximum atomic E-state index is 12.6. The third-order valence-electron chi connectivity index (χ3n) is 4.07. The Morgan fingerprint density at radius 2 is 1.95 bits per heavy atom. The topological polar surface area (TPSA) is 33.5 Å². The highest BCUT2D eigenvalue weighted by Crippen LogP contribution is 2.33. The summed E-state index contributed by atoms with van der Waals surface area (Å²) in [5, 5.41) is 0. The Balaban J connectivity index is 1.87. The lowest BCUT2D eigenvalue weighted by molar-refractivity contribution is 0.0734. The van der Waals surface area contributed by atoms with E-state index in [0.717, 1.165) is 19.4 Å². The third kappa shape index (κ3) is 2.24. The molecule has 3 nitrogen and oxygen atoms in total. The quantitative estimate of drug-likeness (QED) is 0.829. The van der Waals surface area contributed by atoms with Crippen LogP contribution in [0.1, 0.15) is 46.1 Å². The highest BCUT2D eigenvalue weighted by atomic mass is 16.3. The standard InChI is InChI=1S/C17H19NO2/c1-12-5-7-14(8-6-12)16-4-3-10-18(16)17(19)15-9-11-20-13(15)2/h5-9,11,16H,3-4,10H2,1-2H3. The summed E-state index contributed by atoms with van der Waals surface area (Å²) >= 11 is 0. The van der Waals surface area contributed by atoms with Crippen molar-refractivity contribution in [3.05, 3.63) is 59.0 Å². The number of hydrogen-bond donors (Lipinski definition) is 0. The summed E-state index contributed by atoms with van der Waals surface area (Å²) in [6.45, 7) is 4.74. The molecule has 0 N–H and O–H groups in total. The summed E-state index contributed by atoms with van der Waals surface area (Å²) in [5.74, 6) is 0.781. The van der Waals surface area contributed by atoms with E-state index in [-0.39, 0.29) is 11.9 Å². The highest BCUT2D eigenvalue weighted by molar-refractivity contribution is 5.95. The molecule has 0 spiro atoms. The number of carbonyl (C=O) groups excluding carboxylic acids is 1. The van der Waals surface area contributed by atoms with Crippen LogP contribution in [0.25, 0.3) is 0 Å². The van der Waals surface area contributed by atoms with Crippen LogP contribution in [0.15, 0.2) is 41.0 Å². The Morgan fingerprint density at radius 1 is 1.20 bits per heavy atom. The zero-order valence-corrected chi connectivity index (χ0v) is 11.9. The van der Waals surface area contributed by atoms with E-state index >= 15 is 0 Å². The van der Waals surface area contributed by atoms with E-state index < -0.39 is 0 Å². The van der Waals surface area contributed by atoms with Gasteiger partial charge in [0.15, 0.2) is 0 Å². The van der Waals surface area contributed by atoms with Crippen molar-refractivity contribution < 1.29 is 9.21 Å². The van der Waals surface area contributed by atoms with Crippen molar-refractivity contribution >= 4 is 5.91 Å². The molecule has 2 aromatic rings. The van der Waals surface area contributed by atoms with E-state index in [0.29, 0.717) is 11.3 Å². The van der Waals surface area contributed by atoms with Crippen LogP contribution in [0.2, 0.25) is 0 Å². The first kappa shape index (κ1) is 13.0. The highest BCUT2D eigenvalue weighted by Gasteiger charge is 2.31. The predicted octanol–water partition coefficient (Wildman–Crippen LogP) is 3.87. The Bertz CT molecular complexity index is 612. The van der Waals surface area contributed by atoms with Gasteiger partial charge in [0, 0.05) is 6.54 Å². The first-order chi connectivity index (χ1) is 9.66. The number of benzene rings is 1. The lowest BCUT2D eigenvalue weighted by Crippen LogP contribution is -2.30. The van der Waals surface area contributed by atoms with Crippen molar-refractivity contribution in [2.45, 2.75) is 32.7 Å². The summed E-state index contributed by atoms with van der Waals surface area (Å²) in [6.07, 6.45) is 3.67. The van der Waals surface area contributed by atoms with Gasteiger partial charge in [-0.15, -0.1) is 0 Å². The van der Waals surface area contributed by atoms with Gasteiger partial charge in [-0.1, -0.05) is 29.8 Å². The molecule has 2 heterocycles. The first-order valence-electron chi connectivity index (χ1n) is 7.08. The number of likely N-dealkylation sites (tertiary alicyclic amines) is 1. The van der Waals surface area contributed by atoms with Crippen molar-refractivity contribution in [1.29, 1.82) is 0 Å². The fourth-order valence-electron chi connectivity index (χ4n) is 2.91. The number of rotatable bonds is 2. The lowest BCUT2D eigenvalue weighted by atomic mass is 10.0. The molecular weight excluding hydrogens is 250 g/mol. The second-order valence-electron chi connectivity index (χ2n) is 5.46. The number of aryl methyl sites for hydroxylation is 2. The number of carbonyl (C=O) groups is 1. The molecule has 104 valence electrons. The largest absolute Gasteiger partial charge is 0.469 e. The fourth-order valence-corrected chi connectivity index (χ4v) is 2.91. The molecular formula is C17H19NO2. The van der Waals surface area contributed by atoms with Gasteiger partial charge in [-0.2, -0.15) is 0 Å². The molecule has 3 heteroatoms. The molecule has 1 atom stereocenters. The van der Waals surface area contributed by atoms with Crippen molar-refractivity contribution in [3.8, 4) is 0 Å². The molecule has 1 fully saturated rings. The maximum Gasteiger partial charge on any atom is 0.257 e. The minimum Gasteiger partial charge on any atom is -0.469 e. The molecule has 3 rings (SSSR count). The molecule has 0 saturated carbocycles. The molecule has 0 bridgehead atoms. The van der Waals surface area contributed by atoms with E-state index in [1.54, 1.807) is 12.3 Å². The second-order valence-corrected chi connectivity index (χ2v) is 5.46. The van der Waals surface area contributed by atoms with Gasteiger partial charge in [0.05, 0.1) is 17.9 Å². The third-order valence-corrected chi connectivity index (χ3v) is 4.07. The number of furan rings is 1. The Labute approximate surface area is 119 Å². The summed E-state index contributed by atoms with van der Waals surface area (Å²) in [5.41, 5.74) is 3.15. The van der Waals surface area contributed by atoms with Crippen LogP contribution in [0.3, 0.4) is 0 Å². The van der Waals surface area contributed by atoms with E-state index in [9.17, 15) is 4.79 Å². The van der Waals surface area contributed by atoms with Crippen molar-refractivity contribution in [3.63, 3.8) is 0 Å². The number of nitrogens with zero attached hydrogens (tertiary/aromatic N) is 1. The SMILES string of the molecule is Cc1ccc(C2CCCN2C(=O)c2ccoc2C)cc1. The number of hydrogen-bond acceptors (Lipinski definition) is 2. The van der Waals surface area contributed by atoms with Crippen LogP contribution in [0.5, 0.6) is 0 Å². The summed E-state index contributed by atoms with van der Waals surface area (Å²) < 4.78 is 5.25. The van der Waals surface area contributed by atoms with Gasteiger partial charge >= 0.3 is 0 Å². The fraction of sp³-hybridized carbons (Fsp3) is 0.353. The van der Waals surface area contributed by atoms with Crippen LogP contribution in [0, 0.1) is 13.8 Å². The average molecular weight is 269 g/mol. The van der Waals surface area contributed by atoms with Gasteiger partial charge in [-0.05, 0) is 38.3 Å². The molecule has 1 aromatic heterocycles. The molecule has 1 unspecified atom stereocenters. The van der Waals surface area contributed by atoms with Gasteiger partial charge in [0.2, 0.25) is 0 Å². The summed E-state index contributed by atoms with van der Waals surface area (Å²) in [7, 11) is 0. The smallest absolute Gasteiger partial charge is 0.257 e. The van der Waals surface area contributed by atoms with Gasteiger partial charge < -0.3 is 9.32 Å². The first-order valence-corrected chi connectivity index (χ1v) is 7.08. The Kier molecular flexibility index (Phi) is 3.35. The molecule has 1 aromatic carbocycles. The van der Waals surface area contributed by atoms with Gasteiger partial charge in [0.25, 0.3) is 5.91 Å². The molecule has 0 radical (unpaired) electrons. The second kappa shape index (κ2) is 5.16. The van der Waals surface area contributed by atoms with Gasteiger partial charge in [-0.3, -0.25) is 4.79 Å². The van der Waals surface area contributed by atoms with Crippen molar-refractivity contribution in [1.82, 2.24) is 4.90 Å². The van der Waals surface area contributed by atoms with Crippen molar-refractivity contribution in [2.24, 2.45) is 0 Å². The van der Waals surface area contributed by atoms with Crippen LogP contribution in [-0.4, -0.2) is 17.4 Å². The average Bonchev–Trinajstić information content (AvgIpc) is 3.07. The normalized spacial score (nSPS) is 18.5. The van der Waals surface area contributed by atoms with Crippen LogP contribution >= 0.6 is 0 Å². The monoisotopic (exact) mass is 269 g/mol. The molecule has 0 aliphatic carbocycles. The molecule has 1 aliphatic rings. The molecule has 1 amide bonds. The Morgan fingerprint density at radius 3 is 2.60 bits per heavy atom. The summed E-state index contributed by atoms with van der Waals surface area (Å²) in [4.78, 5) is 14.6. The predicted molar refractivity (Wildman–Crippen MR) is 77.6 cm³/mol. The minimum absolute atomic E-state index is 0.0827.